The van der Waals surface area contributed by atoms with Crippen molar-refractivity contribution in [1.82, 2.24) is 25.2 Å². The first-order valence-electron chi connectivity index (χ1n) is 10.8. The standard InChI is InChI=1S/C24H36N6/c1-22(2,3)15-19(26-20-14-13-17-11-9-10-12-18(17)25-20)21-27-28-29-30(21)24(7,8)16-23(4,5)6/h9-14,19H,15-16H2,1-8H3,(H,25,26). The zero-order chi connectivity index (χ0) is 22.2. The zero-order valence-corrected chi connectivity index (χ0v) is 19.7. The first-order chi connectivity index (χ1) is 13.8. The van der Waals surface area contributed by atoms with Crippen LogP contribution in [0.15, 0.2) is 36.4 Å². The summed E-state index contributed by atoms with van der Waals surface area (Å²) in [6.45, 7) is 17.9. The number of hydrogen-bond acceptors (Lipinski definition) is 5. The highest BCUT2D eigenvalue weighted by Gasteiger charge is 2.34. The molecule has 1 atom stereocenters. The second-order valence-corrected chi connectivity index (χ2v) is 11.3. The van der Waals surface area contributed by atoms with Gasteiger partial charge >= 0.3 is 0 Å². The number of tetrazole rings is 1. The Kier molecular flexibility index (Phi) is 5.89. The number of rotatable bonds is 6. The highest BCUT2D eigenvalue weighted by molar-refractivity contribution is 5.80. The molecule has 3 rings (SSSR count). The lowest BCUT2D eigenvalue weighted by Gasteiger charge is -2.35. The molecule has 0 spiro atoms. The number of nitrogens with zero attached hydrogens (tertiary/aromatic N) is 5. The minimum absolute atomic E-state index is 0.0482. The van der Waals surface area contributed by atoms with Crippen molar-refractivity contribution in [1.29, 1.82) is 0 Å². The van der Waals surface area contributed by atoms with E-state index in [1.165, 1.54) is 0 Å². The van der Waals surface area contributed by atoms with Crippen LogP contribution in [-0.4, -0.2) is 25.2 Å². The minimum Gasteiger partial charge on any atom is -0.360 e. The van der Waals surface area contributed by atoms with E-state index in [4.69, 9.17) is 4.98 Å². The van der Waals surface area contributed by atoms with Crippen LogP contribution < -0.4 is 5.32 Å². The Morgan fingerprint density at radius 1 is 0.900 bits per heavy atom. The highest BCUT2D eigenvalue weighted by Crippen LogP contribution is 2.36. The third-order valence-corrected chi connectivity index (χ3v) is 5.08. The van der Waals surface area contributed by atoms with Gasteiger partial charge in [0.25, 0.3) is 0 Å². The molecule has 162 valence electrons. The lowest BCUT2D eigenvalue weighted by molar-refractivity contribution is 0.186. The van der Waals surface area contributed by atoms with Crippen molar-refractivity contribution < 1.29 is 0 Å². The fourth-order valence-corrected chi connectivity index (χ4v) is 4.36. The van der Waals surface area contributed by atoms with Crippen molar-refractivity contribution in [3.05, 3.63) is 42.2 Å². The van der Waals surface area contributed by atoms with E-state index in [-0.39, 0.29) is 22.4 Å². The van der Waals surface area contributed by atoms with Crippen molar-refractivity contribution in [2.75, 3.05) is 5.32 Å². The molecule has 0 bridgehead atoms. The van der Waals surface area contributed by atoms with Crippen molar-refractivity contribution in [3.63, 3.8) is 0 Å². The molecule has 0 aliphatic heterocycles. The lowest BCUT2D eigenvalue weighted by Crippen LogP contribution is -2.36. The SMILES string of the molecule is CC(C)(C)CC(Nc1ccc2ccccc2n1)c1nnnn1C(C)(C)CC(C)(C)C. The van der Waals surface area contributed by atoms with Crippen LogP contribution >= 0.6 is 0 Å². The van der Waals surface area contributed by atoms with Gasteiger partial charge in [0.15, 0.2) is 5.82 Å². The van der Waals surface area contributed by atoms with E-state index in [1.54, 1.807) is 0 Å². The Balaban J connectivity index is 1.98. The van der Waals surface area contributed by atoms with Crippen LogP contribution in [0.3, 0.4) is 0 Å². The molecule has 0 fully saturated rings. The fraction of sp³-hybridized carbons (Fsp3) is 0.583. The predicted molar refractivity (Wildman–Crippen MR) is 123 cm³/mol. The molecule has 1 unspecified atom stereocenters. The molecule has 2 heterocycles. The lowest BCUT2D eigenvalue weighted by atomic mass is 9.81. The van der Waals surface area contributed by atoms with Gasteiger partial charge in [0, 0.05) is 5.39 Å². The number of fused-ring (bicyclic) bond motifs is 1. The molecule has 0 aliphatic rings. The summed E-state index contributed by atoms with van der Waals surface area (Å²) in [4.78, 5) is 4.82. The molecule has 0 amide bonds. The third kappa shape index (κ3) is 5.55. The summed E-state index contributed by atoms with van der Waals surface area (Å²) in [5.74, 6) is 1.69. The van der Waals surface area contributed by atoms with Crippen molar-refractivity contribution in [2.45, 2.75) is 79.8 Å². The van der Waals surface area contributed by atoms with E-state index < -0.39 is 0 Å². The van der Waals surface area contributed by atoms with Crippen LogP contribution in [0, 0.1) is 10.8 Å². The molecular formula is C24H36N6. The average molecular weight is 409 g/mol. The Labute approximate surface area is 180 Å². The Morgan fingerprint density at radius 2 is 1.60 bits per heavy atom. The van der Waals surface area contributed by atoms with E-state index in [0.717, 1.165) is 35.4 Å². The van der Waals surface area contributed by atoms with Crippen LogP contribution in [0.4, 0.5) is 5.82 Å². The summed E-state index contributed by atoms with van der Waals surface area (Å²) in [7, 11) is 0. The molecule has 2 aromatic heterocycles. The first kappa shape index (κ1) is 22.2. The number of hydrogen-bond donors (Lipinski definition) is 1. The summed E-state index contributed by atoms with van der Waals surface area (Å²) in [6, 6.07) is 12.3. The van der Waals surface area contributed by atoms with Gasteiger partial charge in [0.05, 0.1) is 17.1 Å². The minimum atomic E-state index is -0.203. The number of aromatic nitrogens is 5. The summed E-state index contributed by atoms with van der Waals surface area (Å²) < 4.78 is 2.00. The van der Waals surface area contributed by atoms with Gasteiger partial charge in [-0.1, -0.05) is 59.7 Å². The summed E-state index contributed by atoms with van der Waals surface area (Å²) in [6.07, 6.45) is 1.85. The van der Waals surface area contributed by atoms with E-state index in [0.29, 0.717) is 0 Å². The second kappa shape index (κ2) is 7.97. The Hall–Kier alpha value is -2.50. The number of anilines is 1. The van der Waals surface area contributed by atoms with Crippen LogP contribution in [0.25, 0.3) is 10.9 Å². The molecular weight excluding hydrogens is 372 g/mol. The quantitative estimate of drug-likeness (QED) is 0.543. The largest absolute Gasteiger partial charge is 0.360 e. The van der Waals surface area contributed by atoms with Crippen LogP contribution in [0.2, 0.25) is 0 Å². The van der Waals surface area contributed by atoms with Gasteiger partial charge in [-0.25, -0.2) is 9.67 Å². The number of para-hydroxylation sites is 1. The van der Waals surface area contributed by atoms with Crippen molar-refractivity contribution >= 4 is 16.7 Å². The normalized spacial score (nSPS) is 14.1. The maximum atomic E-state index is 4.82. The fourth-order valence-electron chi connectivity index (χ4n) is 4.36. The maximum Gasteiger partial charge on any atom is 0.174 e. The third-order valence-electron chi connectivity index (χ3n) is 5.08. The first-order valence-corrected chi connectivity index (χ1v) is 10.8. The van der Waals surface area contributed by atoms with Gasteiger partial charge in [-0.15, -0.1) is 5.10 Å². The number of pyridine rings is 1. The Morgan fingerprint density at radius 3 is 2.27 bits per heavy atom. The van der Waals surface area contributed by atoms with E-state index in [9.17, 15) is 0 Å². The van der Waals surface area contributed by atoms with Crippen molar-refractivity contribution in [3.8, 4) is 0 Å². The van der Waals surface area contributed by atoms with Crippen LogP contribution in [0.5, 0.6) is 0 Å². The topological polar surface area (TPSA) is 68.5 Å². The van der Waals surface area contributed by atoms with Gasteiger partial charge in [0.2, 0.25) is 0 Å². The molecule has 1 N–H and O–H groups in total. The molecule has 30 heavy (non-hydrogen) atoms. The second-order valence-electron chi connectivity index (χ2n) is 11.3. The zero-order valence-electron chi connectivity index (χ0n) is 19.7. The molecule has 0 saturated carbocycles. The summed E-state index contributed by atoms with van der Waals surface area (Å²) in [5.41, 5.74) is 1.04. The number of benzene rings is 1. The monoisotopic (exact) mass is 408 g/mol. The van der Waals surface area contributed by atoms with E-state index >= 15 is 0 Å². The van der Waals surface area contributed by atoms with Gasteiger partial charge < -0.3 is 5.32 Å². The maximum absolute atomic E-state index is 4.82. The predicted octanol–water partition coefficient (Wildman–Crippen LogP) is 5.98. The molecule has 3 aromatic rings. The molecule has 6 nitrogen and oxygen atoms in total. The van der Waals surface area contributed by atoms with Gasteiger partial charge in [-0.2, -0.15) is 0 Å². The molecule has 0 saturated heterocycles. The van der Waals surface area contributed by atoms with Gasteiger partial charge in [-0.3, -0.25) is 0 Å². The average Bonchev–Trinajstić information content (AvgIpc) is 3.09. The van der Waals surface area contributed by atoms with Gasteiger partial charge in [0.1, 0.15) is 5.82 Å². The van der Waals surface area contributed by atoms with Crippen LogP contribution in [0.1, 0.15) is 80.1 Å². The highest BCUT2D eigenvalue weighted by atomic mass is 15.6. The summed E-state index contributed by atoms with van der Waals surface area (Å²) in [5, 5.41) is 17.7. The smallest absolute Gasteiger partial charge is 0.174 e. The van der Waals surface area contributed by atoms with Gasteiger partial charge in [-0.05, 0) is 66.1 Å². The molecule has 0 radical (unpaired) electrons. The molecule has 1 aromatic carbocycles. The van der Waals surface area contributed by atoms with E-state index in [2.05, 4.69) is 88.4 Å². The molecule has 0 aliphatic carbocycles. The van der Waals surface area contributed by atoms with Crippen molar-refractivity contribution in [2.24, 2.45) is 10.8 Å². The molecule has 6 heteroatoms. The Bertz CT molecular complexity index is 991. The summed E-state index contributed by atoms with van der Waals surface area (Å²) >= 11 is 0. The van der Waals surface area contributed by atoms with E-state index in [1.807, 2.05) is 28.9 Å². The number of nitrogens with one attached hydrogen (secondary N) is 1. The van der Waals surface area contributed by atoms with Crippen LogP contribution in [-0.2, 0) is 5.54 Å².